The second-order valence-corrected chi connectivity index (χ2v) is 13.4. The van der Waals surface area contributed by atoms with Gasteiger partial charge in [0.15, 0.2) is 0 Å². The Morgan fingerprint density at radius 1 is 0.935 bits per heavy atom. The van der Waals surface area contributed by atoms with Crippen LogP contribution >= 0.6 is 35.1 Å². The molecule has 0 aliphatic carbocycles. The lowest BCUT2D eigenvalue weighted by atomic mass is 10.0. The predicted molar refractivity (Wildman–Crippen MR) is 183 cm³/mol. The molecular weight excluding hydrogens is 646 g/mol. The van der Waals surface area contributed by atoms with Crippen molar-refractivity contribution >= 4 is 58.7 Å². The molecular formula is C32H44ClN7O4S2. The van der Waals surface area contributed by atoms with E-state index in [-0.39, 0.29) is 71.8 Å². The zero-order valence-corrected chi connectivity index (χ0v) is 29.2. The number of nitrogens with one attached hydrogen (secondary N) is 4. The van der Waals surface area contributed by atoms with E-state index in [9.17, 15) is 19.2 Å². The van der Waals surface area contributed by atoms with E-state index in [2.05, 4.69) is 45.1 Å². The Balaban J connectivity index is 0.00000576. The molecule has 3 heterocycles. The van der Waals surface area contributed by atoms with Crippen LogP contribution in [-0.4, -0.2) is 71.2 Å². The van der Waals surface area contributed by atoms with Crippen LogP contribution in [0.5, 0.6) is 0 Å². The monoisotopic (exact) mass is 689 g/mol. The maximum atomic E-state index is 13.5. The van der Waals surface area contributed by atoms with Gasteiger partial charge in [-0.15, -0.1) is 35.1 Å². The van der Waals surface area contributed by atoms with E-state index in [0.29, 0.717) is 55.3 Å². The summed E-state index contributed by atoms with van der Waals surface area (Å²) in [4.78, 5) is 63.6. The molecule has 0 saturated heterocycles. The van der Waals surface area contributed by atoms with E-state index in [1.807, 2.05) is 30.3 Å². The number of amides is 4. The number of fused-ring (bicyclic) bond motifs is 4. The molecule has 1 aromatic carbocycles. The van der Waals surface area contributed by atoms with Crippen LogP contribution in [0.25, 0.3) is 0 Å². The minimum Gasteiger partial charge on any atom is -0.351 e. The number of aromatic nitrogens is 2. The Morgan fingerprint density at radius 2 is 1.57 bits per heavy atom. The van der Waals surface area contributed by atoms with E-state index in [1.54, 1.807) is 29.6 Å². The Hall–Kier alpha value is -3.39. The summed E-state index contributed by atoms with van der Waals surface area (Å²) in [5.41, 5.74) is 1.56. The molecule has 3 aromatic rings. The van der Waals surface area contributed by atoms with Gasteiger partial charge in [-0.3, -0.25) is 19.2 Å². The normalized spacial score (nSPS) is 19.2. The molecule has 1 aliphatic rings. The molecule has 4 amide bonds. The van der Waals surface area contributed by atoms with Gasteiger partial charge in [0.2, 0.25) is 11.8 Å². The van der Waals surface area contributed by atoms with Crippen LogP contribution in [0.4, 0.5) is 0 Å². The average molecular weight is 690 g/mol. The molecule has 4 N–H and O–H groups in total. The van der Waals surface area contributed by atoms with Crippen LogP contribution in [0.3, 0.4) is 0 Å². The standard InChI is InChI=1S/C32H43N7O4S2.ClH/c1-20(2)16-23-30-38-26(19-45-30)29(42)36-24(17-22-10-6-5-7-11-22)31-37-25(18-44-31)28(41)34-13-9-15-39(32(43)21(3)33-4)14-8-12-27(40)35-23;/h5-7,10-11,18-21,23-24,33H,8-9,12-17H2,1-4H3,(H,34,41)(H,35,40)(H,36,42);1H/t21-,23?,24-;/m0./s1. The van der Waals surface area contributed by atoms with Crippen LogP contribution in [0.15, 0.2) is 41.1 Å². The highest BCUT2D eigenvalue weighted by molar-refractivity contribution is 7.10. The highest BCUT2D eigenvalue weighted by Crippen LogP contribution is 2.27. The maximum absolute atomic E-state index is 13.5. The first-order valence-corrected chi connectivity index (χ1v) is 17.2. The zero-order chi connectivity index (χ0) is 32.3. The van der Waals surface area contributed by atoms with Crippen molar-refractivity contribution < 1.29 is 19.2 Å². The van der Waals surface area contributed by atoms with Gasteiger partial charge in [-0.05, 0) is 51.1 Å². The van der Waals surface area contributed by atoms with Crippen LogP contribution in [0, 0.1) is 5.92 Å². The largest absolute Gasteiger partial charge is 0.351 e. The number of benzene rings is 1. The molecule has 4 rings (SSSR count). The van der Waals surface area contributed by atoms with E-state index in [0.717, 1.165) is 5.56 Å². The number of carbonyl (C=O) groups is 4. The van der Waals surface area contributed by atoms with Crippen LogP contribution in [-0.2, 0) is 16.0 Å². The van der Waals surface area contributed by atoms with Crippen molar-refractivity contribution in [1.29, 1.82) is 0 Å². The fourth-order valence-electron chi connectivity index (χ4n) is 5.07. The van der Waals surface area contributed by atoms with Crippen molar-refractivity contribution in [3.63, 3.8) is 0 Å². The van der Waals surface area contributed by atoms with Crippen molar-refractivity contribution in [1.82, 2.24) is 36.1 Å². The fraction of sp³-hybridized carbons (Fsp3) is 0.500. The first kappa shape index (κ1) is 37.1. The molecule has 0 radical (unpaired) electrons. The number of nitrogens with zero attached hydrogens (tertiary/aromatic N) is 3. The summed E-state index contributed by atoms with van der Waals surface area (Å²) in [6, 6.07) is 8.60. The van der Waals surface area contributed by atoms with Crippen LogP contribution in [0.2, 0.25) is 0 Å². The highest BCUT2D eigenvalue weighted by atomic mass is 35.5. The van der Waals surface area contributed by atoms with Crippen molar-refractivity contribution in [3.8, 4) is 0 Å². The molecule has 46 heavy (non-hydrogen) atoms. The molecule has 250 valence electrons. The van der Waals surface area contributed by atoms with Gasteiger partial charge in [-0.25, -0.2) is 9.97 Å². The second-order valence-electron chi connectivity index (χ2n) is 11.7. The molecule has 1 aliphatic heterocycles. The second kappa shape index (κ2) is 18.1. The number of thiazole rings is 2. The molecule has 0 fully saturated rings. The lowest BCUT2D eigenvalue weighted by molar-refractivity contribution is -0.133. The lowest BCUT2D eigenvalue weighted by Gasteiger charge is -2.26. The van der Waals surface area contributed by atoms with Gasteiger partial charge < -0.3 is 26.2 Å². The van der Waals surface area contributed by atoms with E-state index >= 15 is 0 Å². The lowest BCUT2D eigenvalue weighted by Crippen LogP contribution is -2.45. The van der Waals surface area contributed by atoms with Gasteiger partial charge >= 0.3 is 0 Å². The first-order chi connectivity index (χ1) is 21.6. The maximum Gasteiger partial charge on any atom is 0.271 e. The third-order valence-electron chi connectivity index (χ3n) is 7.57. The Morgan fingerprint density at radius 3 is 2.22 bits per heavy atom. The van der Waals surface area contributed by atoms with Crippen LogP contribution in [0.1, 0.15) is 95.1 Å². The van der Waals surface area contributed by atoms with E-state index in [1.165, 1.54) is 22.7 Å². The van der Waals surface area contributed by atoms with Crippen molar-refractivity contribution in [2.24, 2.45) is 5.92 Å². The number of halogens is 1. The van der Waals surface area contributed by atoms with Crippen LogP contribution < -0.4 is 21.3 Å². The molecule has 14 heteroatoms. The molecule has 4 bridgehead atoms. The summed E-state index contributed by atoms with van der Waals surface area (Å²) >= 11 is 2.66. The molecule has 0 spiro atoms. The van der Waals surface area contributed by atoms with Crippen molar-refractivity contribution in [2.45, 2.75) is 71.0 Å². The van der Waals surface area contributed by atoms with Crippen molar-refractivity contribution in [2.75, 3.05) is 26.7 Å². The van der Waals surface area contributed by atoms with Gasteiger partial charge in [0.1, 0.15) is 21.4 Å². The third kappa shape index (κ3) is 10.6. The minimum atomic E-state index is -0.481. The quantitative estimate of drug-likeness (QED) is 0.302. The molecule has 11 nitrogen and oxygen atoms in total. The zero-order valence-electron chi connectivity index (χ0n) is 26.7. The topological polar surface area (TPSA) is 145 Å². The number of rotatable bonds is 6. The summed E-state index contributed by atoms with van der Waals surface area (Å²) in [5.74, 6) is -0.558. The van der Waals surface area contributed by atoms with Gasteiger partial charge in [0, 0.05) is 36.8 Å². The minimum absolute atomic E-state index is 0. The van der Waals surface area contributed by atoms with Gasteiger partial charge in [-0.2, -0.15) is 0 Å². The molecule has 2 aromatic heterocycles. The van der Waals surface area contributed by atoms with Gasteiger partial charge in [-0.1, -0.05) is 44.2 Å². The fourth-order valence-corrected chi connectivity index (χ4v) is 6.78. The van der Waals surface area contributed by atoms with E-state index < -0.39 is 6.04 Å². The Kier molecular flexibility index (Phi) is 14.6. The summed E-state index contributed by atoms with van der Waals surface area (Å²) in [6.07, 6.45) is 2.44. The van der Waals surface area contributed by atoms with Gasteiger partial charge in [0.25, 0.3) is 11.8 Å². The first-order valence-electron chi connectivity index (χ1n) is 15.4. The third-order valence-corrected chi connectivity index (χ3v) is 9.49. The highest BCUT2D eigenvalue weighted by Gasteiger charge is 2.26. The number of hydrogen-bond acceptors (Lipinski definition) is 9. The van der Waals surface area contributed by atoms with E-state index in [4.69, 9.17) is 0 Å². The number of carbonyl (C=O) groups excluding carboxylic acids is 4. The average Bonchev–Trinajstić information content (AvgIpc) is 3.72. The number of hydrogen-bond donors (Lipinski definition) is 4. The SMILES string of the molecule is CN[C@@H](C)C(=O)N1CCCNC(=O)c2csc(n2)[C@H](Cc2ccccc2)NC(=O)c2csc(n2)C(CC(C)C)NC(=O)CCC1.Cl. The summed E-state index contributed by atoms with van der Waals surface area (Å²) in [6.45, 7) is 7.18. The summed E-state index contributed by atoms with van der Waals surface area (Å²) in [5, 5.41) is 16.8. The van der Waals surface area contributed by atoms with Crippen molar-refractivity contribution in [3.05, 3.63) is 68.1 Å². The number of likely N-dealkylation sites (N-methyl/N-ethyl adjacent to an activating group) is 1. The molecule has 3 atom stereocenters. The smallest absolute Gasteiger partial charge is 0.271 e. The Bertz CT molecular complexity index is 1450. The summed E-state index contributed by atoms with van der Waals surface area (Å²) in [7, 11) is 1.74. The summed E-state index contributed by atoms with van der Waals surface area (Å²) < 4.78 is 0. The molecule has 1 unspecified atom stereocenters. The molecule has 0 saturated carbocycles. The predicted octanol–water partition coefficient (Wildman–Crippen LogP) is 4.29. The Labute approximate surface area is 284 Å². The van der Waals surface area contributed by atoms with Gasteiger partial charge in [0.05, 0.1) is 18.1 Å².